The maximum atomic E-state index is 5.95. The predicted octanol–water partition coefficient (Wildman–Crippen LogP) is 2.90. The Morgan fingerprint density at radius 2 is 2.25 bits per heavy atom. The van der Waals surface area contributed by atoms with Gasteiger partial charge in [-0.05, 0) is 37.6 Å². The number of hydrogen-bond donors (Lipinski definition) is 1. The smallest absolute Gasteiger partial charge is 0.0622 e. The number of benzene rings is 1. The summed E-state index contributed by atoms with van der Waals surface area (Å²) >= 11 is 5.95. The van der Waals surface area contributed by atoms with E-state index in [1.807, 2.05) is 25.2 Å². The van der Waals surface area contributed by atoms with E-state index in [0.29, 0.717) is 6.04 Å². The number of rotatable bonds is 7. The van der Waals surface area contributed by atoms with Gasteiger partial charge in [0.05, 0.1) is 6.61 Å². The number of nitrogens with one attached hydrogen (secondary N) is 1. The van der Waals surface area contributed by atoms with E-state index in [-0.39, 0.29) is 0 Å². The van der Waals surface area contributed by atoms with Crippen molar-refractivity contribution in [2.24, 2.45) is 0 Å². The van der Waals surface area contributed by atoms with Crippen molar-refractivity contribution < 1.29 is 4.74 Å². The first kappa shape index (κ1) is 13.5. The van der Waals surface area contributed by atoms with Gasteiger partial charge in [-0.1, -0.05) is 30.7 Å². The van der Waals surface area contributed by atoms with Crippen LogP contribution in [0.4, 0.5) is 0 Å². The van der Waals surface area contributed by atoms with Gasteiger partial charge in [-0.15, -0.1) is 0 Å². The minimum atomic E-state index is 0.352. The second-order valence-electron chi connectivity index (χ2n) is 3.89. The van der Waals surface area contributed by atoms with Crippen molar-refractivity contribution in [1.82, 2.24) is 5.32 Å². The number of ether oxygens (including phenoxy) is 1. The van der Waals surface area contributed by atoms with Gasteiger partial charge >= 0.3 is 0 Å². The van der Waals surface area contributed by atoms with Crippen molar-refractivity contribution in [3.8, 4) is 0 Å². The third-order valence-corrected chi connectivity index (χ3v) is 2.68. The molecule has 1 rings (SSSR count). The third kappa shape index (κ3) is 4.97. The minimum absolute atomic E-state index is 0.352. The Morgan fingerprint density at radius 1 is 1.44 bits per heavy atom. The second kappa shape index (κ2) is 7.66. The van der Waals surface area contributed by atoms with E-state index in [1.54, 1.807) is 0 Å². The lowest BCUT2D eigenvalue weighted by molar-refractivity contribution is 0.114. The maximum absolute atomic E-state index is 5.95. The number of halogens is 1. The molecule has 0 saturated heterocycles. The van der Waals surface area contributed by atoms with Crippen LogP contribution < -0.4 is 5.32 Å². The van der Waals surface area contributed by atoms with Crippen LogP contribution in [0.3, 0.4) is 0 Å². The fourth-order valence-electron chi connectivity index (χ4n) is 1.56. The van der Waals surface area contributed by atoms with Crippen molar-refractivity contribution in [2.45, 2.75) is 25.8 Å². The van der Waals surface area contributed by atoms with Gasteiger partial charge in [0, 0.05) is 17.7 Å². The molecule has 0 aliphatic rings. The molecular weight excluding hydrogens is 222 g/mol. The molecule has 1 N–H and O–H groups in total. The normalized spacial score (nSPS) is 12.7. The van der Waals surface area contributed by atoms with Crippen molar-refractivity contribution in [2.75, 3.05) is 20.3 Å². The highest BCUT2D eigenvalue weighted by Gasteiger charge is 2.07. The van der Waals surface area contributed by atoms with Gasteiger partial charge in [0.1, 0.15) is 0 Å². The highest BCUT2D eigenvalue weighted by molar-refractivity contribution is 6.30. The highest BCUT2D eigenvalue weighted by Crippen LogP contribution is 2.12. The summed E-state index contributed by atoms with van der Waals surface area (Å²) in [5.74, 6) is 0. The molecule has 0 aromatic heterocycles. The molecule has 16 heavy (non-hydrogen) atoms. The van der Waals surface area contributed by atoms with Crippen molar-refractivity contribution >= 4 is 11.6 Å². The van der Waals surface area contributed by atoms with Gasteiger partial charge in [-0.2, -0.15) is 0 Å². The quantitative estimate of drug-likeness (QED) is 0.742. The van der Waals surface area contributed by atoms with Crippen LogP contribution in [0, 0.1) is 0 Å². The van der Waals surface area contributed by atoms with Gasteiger partial charge in [0.25, 0.3) is 0 Å². The van der Waals surface area contributed by atoms with Crippen LogP contribution in [-0.2, 0) is 11.2 Å². The molecule has 0 aliphatic carbocycles. The van der Waals surface area contributed by atoms with Gasteiger partial charge in [0.15, 0.2) is 0 Å². The molecule has 90 valence electrons. The highest BCUT2D eigenvalue weighted by atomic mass is 35.5. The first-order valence-electron chi connectivity index (χ1n) is 5.75. The van der Waals surface area contributed by atoms with Crippen LogP contribution >= 0.6 is 11.6 Å². The Kier molecular flexibility index (Phi) is 6.46. The predicted molar refractivity (Wildman–Crippen MR) is 69.1 cm³/mol. The second-order valence-corrected chi connectivity index (χ2v) is 4.33. The third-order valence-electron chi connectivity index (χ3n) is 2.45. The van der Waals surface area contributed by atoms with E-state index in [2.05, 4.69) is 18.3 Å². The molecule has 1 aromatic carbocycles. The van der Waals surface area contributed by atoms with Crippen LogP contribution in [-0.4, -0.2) is 26.3 Å². The van der Waals surface area contributed by atoms with Gasteiger partial charge < -0.3 is 10.1 Å². The zero-order valence-electron chi connectivity index (χ0n) is 10.0. The van der Waals surface area contributed by atoms with E-state index >= 15 is 0 Å². The van der Waals surface area contributed by atoms with Crippen LogP contribution in [0.1, 0.15) is 18.9 Å². The van der Waals surface area contributed by atoms with Crippen molar-refractivity contribution in [1.29, 1.82) is 0 Å². The number of hydrogen-bond acceptors (Lipinski definition) is 2. The molecule has 0 saturated carbocycles. The molecule has 3 heteroatoms. The summed E-state index contributed by atoms with van der Waals surface area (Å²) in [7, 11) is 1.96. The lowest BCUT2D eigenvalue weighted by Crippen LogP contribution is -2.32. The average molecular weight is 242 g/mol. The molecule has 0 fully saturated rings. The Labute approximate surface area is 103 Å². The monoisotopic (exact) mass is 241 g/mol. The van der Waals surface area contributed by atoms with Gasteiger partial charge in [-0.3, -0.25) is 0 Å². The van der Waals surface area contributed by atoms with E-state index in [1.165, 1.54) is 5.56 Å². The SMILES string of the molecule is CCCOCC(Cc1cccc(Cl)c1)NC. The minimum Gasteiger partial charge on any atom is -0.380 e. The molecular formula is C13H20ClNO. The summed E-state index contributed by atoms with van der Waals surface area (Å²) in [5, 5.41) is 4.05. The molecule has 2 nitrogen and oxygen atoms in total. The molecule has 1 unspecified atom stereocenters. The van der Waals surface area contributed by atoms with Crippen molar-refractivity contribution in [3.63, 3.8) is 0 Å². The molecule has 0 amide bonds. The fourth-order valence-corrected chi connectivity index (χ4v) is 1.78. The summed E-state index contributed by atoms with van der Waals surface area (Å²) in [6.45, 7) is 3.69. The molecule has 1 aromatic rings. The summed E-state index contributed by atoms with van der Waals surface area (Å²) in [5.41, 5.74) is 1.24. The molecule has 1 atom stereocenters. The topological polar surface area (TPSA) is 21.3 Å². The van der Waals surface area contributed by atoms with E-state index in [0.717, 1.165) is 31.1 Å². The first-order valence-corrected chi connectivity index (χ1v) is 6.13. The van der Waals surface area contributed by atoms with E-state index in [4.69, 9.17) is 16.3 Å². The standard InChI is InChI=1S/C13H20ClNO/c1-3-7-16-10-13(15-2)9-11-5-4-6-12(14)8-11/h4-6,8,13,15H,3,7,9-10H2,1-2H3. The maximum Gasteiger partial charge on any atom is 0.0622 e. The van der Waals surface area contributed by atoms with Gasteiger partial charge in [-0.25, -0.2) is 0 Å². The lowest BCUT2D eigenvalue weighted by atomic mass is 10.1. The van der Waals surface area contributed by atoms with E-state index < -0.39 is 0 Å². The average Bonchev–Trinajstić information content (AvgIpc) is 2.28. The Bertz CT molecular complexity index is 304. The van der Waals surface area contributed by atoms with Crippen LogP contribution in [0.2, 0.25) is 5.02 Å². The zero-order valence-corrected chi connectivity index (χ0v) is 10.8. The molecule has 0 heterocycles. The molecule has 0 spiro atoms. The fraction of sp³-hybridized carbons (Fsp3) is 0.538. The largest absolute Gasteiger partial charge is 0.380 e. The van der Waals surface area contributed by atoms with Crippen LogP contribution in [0.5, 0.6) is 0 Å². The van der Waals surface area contributed by atoms with Crippen molar-refractivity contribution in [3.05, 3.63) is 34.9 Å². The summed E-state index contributed by atoms with van der Waals surface area (Å²) < 4.78 is 5.54. The summed E-state index contributed by atoms with van der Waals surface area (Å²) in [6.07, 6.45) is 2.01. The molecule has 0 radical (unpaired) electrons. The Balaban J connectivity index is 2.43. The summed E-state index contributed by atoms with van der Waals surface area (Å²) in [4.78, 5) is 0. The number of likely N-dealkylation sites (N-methyl/N-ethyl adjacent to an activating group) is 1. The van der Waals surface area contributed by atoms with Gasteiger partial charge in [0.2, 0.25) is 0 Å². The summed E-state index contributed by atoms with van der Waals surface area (Å²) in [6, 6.07) is 8.33. The van der Waals surface area contributed by atoms with E-state index in [9.17, 15) is 0 Å². The first-order chi connectivity index (χ1) is 7.76. The Hall–Kier alpha value is -0.570. The zero-order chi connectivity index (χ0) is 11.8. The van der Waals surface area contributed by atoms with Crippen LogP contribution in [0.15, 0.2) is 24.3 Å². The van der Waals surface area contributed by atoms with Crippen LogP contribution in [0.25, 0.3) is 0 Å². The Morgan fingerprint density at radius 3 is 2.88 bits per heavy atom. The molecule has 0 bridgehead atoms. The molecule has 0 aliphatic heterocycles. The lowest BCUT2D eigenvalue weighted by Gasteiger charge is -2.16.